The van der Waals surface area contributed by atoms with Crippen LogP contribution in [-0.2, 0) is 6.54 Å². The number of aliphatic hydroxyl groups is 1. The van der Waals surface area contributed by atoms with E-state index in [1.165, 1.54) is 0 Å². The third kappa shape index (κ3) is 2.80. The van der Waals surface area contributed by atoms with Crippen molar-refractivity contribution in [3.63, 3.8) is 0 Å². The normalized spacial score (nSPS) is 20.6. The zero-order chi connectivity index (χ0) is 13.1. The highest BCUT2D eigenvalue weighted by molar-refractivity contribution is 5.30. The molecule has 3 rings (SSSR count). The van der Waals surface area contributed by atoms with Crippen molar-refractivity contribution in [2.75, 3.05) is 13.1 Å². The first-order chi connectivity index (χ1) is 9.33. The first-order valence-corrected chi connectivity index (χ1v) is 6.56. The van der Waals surface area contributed by atoms with Crippen molar-refractivity contribution in [3.8, 4) is 5.69 Å². The van der Waals surface area contributed by atoms with E-state index < -0.39 is 0 Å². The van der Waals surface area contributed by atoms with Crippen LogP contribution in [0.15, 0.2) is 30.3 Å². The van der Waals surface area contributed by atoms with Gasteiger partial charge in [-0.15, -0.1) is 5.10 Å². The monoisotopic (exact) mass is 259 g/mol. The van der Waals surface area contributed by atoms with Crippen molar-refractivity contribution in [2.45, 2.75) is 25.5 Å². The van der Waals surface area contributed by atoms with Gasteiger partial charge in [0, 0.05) is 6.54 Å². The summed E-state index contributed by atoms with van der Waals surface area (Å²) in [6, 6.07) is 9.85. The van der Waals surface area contributed by atoms with Gasteiger partial charge in [0.2, 0.25) is 0 Å². The SMILES string of the molecule is OC1CCCN(Cc2nnnn2-c2ccccc2)C1. The predicted molar refractivity (Wildman–Crippen MR) is 69.7 cm³/mol. The first-order valence-electron chi connectivity index (χ1n) is 6.56. The largest absolute Gasteiger partial charge is 0.392 e. The second kappa shape index (κ2) is 5.46. The molecular weight excluding hydrogens is 242 g/mol. The molecule has 2 heterocycles. The van der Waals surface area contributed by atoms with Crippen LogP contribution in [0.4, 0.5) is 0 Å². The van der Waals surface area contributed by atoms with Gasteiger partial charge in [-0.1, -0.05) is 18.2 Å². The molecule has 1 saturated heterocycles. The standard InChI is InChI=1S/C13H17N5O/c19-12-7-4-8-17(9-12)10-13-14-15-16-18(13)11-5-2-1-3-6-11/h1-3,5-6,12,19H,4,7-10H2. The predicted octanol–water partition coefficient (Wildman–Crippen LogP) is 0.619. The van der Waals surface area contributed by atoms with Crippen molar-refractivity contribution in [3.05, 3.63) is 36.2 Å². The van der Waals surface area contributed by atoms with Crippen LogP contribution in [0.5, 0.6) is 0 Å². The Kier molecular flexibility index (Phi) is 3.52. The quantitative estimate of drug-likeness (QED) is 0.875. The molecule has 1 fully saturated rings. The van der Waals surface area contributed by atoms with Crippen LogP contribution in [0.2, 0.25) is 0 Å². The summed E-state index contributed by atoms with van der Waals surface area (Å²) in [6.07, 6.45) is 1.68. The summed E-state index contributed by atoms with van der Waals surface area (Å²) < 4.78 is 1.75. The molecule has 1 aliphatic heterocycles. The maximum absolute atomic E-state index is 9.69. The molecule has 0 saturated carbocycles. The zero-order valence-corrected chi connectivity index (χ0v) is 10.7. The summed E-state index contributed by atoms with van der Waals surface area (Å²) in [7, 11) is 0. The van der Waals surface area contributed by atoms with Gasteiger partial charge in [-0.05, 0) is 41.9 Å². The van der Waals surface area contributed by atoms with E-state index in [0.29, 0.717) is 13.1 Å². The van der Waals surface area contributed by atoms with Crippen LogP contribution in [0, 0.1) is 0 Å². The maximum Gasteiger partial charge on any atom is 0.170 e. The van der Waals surface area contributed by atoms with Crippen molar-refractivity contribution in [1.82, 2.24) is 25.1 Å². The number of rotatable bonds is 3. The number of aliphatic hydroxyl groups excluding tert-OH is 1. The highest BCUT2D eigenvalue weighted by Gasteiger charge is 2.20. The topological polar surface area (TPSA) is 67.1 Å². The number of hydrogen-bond acceptors (Lipinski definition) is 5. The molecule has 100 valence electrons. The number of piperidine rings is 1. The molecule has 0 amide bonds. The van der Waals surface area contributed by atoms with E-state index in [1.807, 2.05) is 30.3 Å². The second-order valence-electron chi connectivity index (χ2n) is 4.87. The molecule has 2 aromatic rings. The molecule has 19 heavy (non-hydrogen) atoms. The van der Waals surface area contributed by atoms with E-state index in [1.54, 1.807) is 4.68 Å². The summed E-state index contributed by atoms with van der Waals surface area (Å²) in [5, 5.41) is 21.6. The van der Waals surface area contributed by atoms with Gasteiger partial charge in [-0.2, -0.15) is 4.68 Å². The van der Waals surface area contributed by atoms with Crippen molar-refractivity contribution >= 4 is 0 Å². The molecule has 1 aromatic heterocycles. The fourth-order valence-electron chi connectivity index (χ4n) is 2.45. The van der Waals surface area contributed by atoms with Crippen LogP contribution in [-0.4, -0.2) is 49.4 Å². The minimum absolute atomic E-state index is 0.227. The summed E-state index contributed by atoms with van der Waals surface area (Å²) in [6.45, 7) is 2.35. The van der Waals surface area contributed by atoms with Crippen LogP contribution >= 0.6 is 0 Å². The van der Waals surface area contributed by atoms with Crippen molar-refractivity contribution in [2.24, 2.45) is 0 Å². The molecular formula is C13H17N5O. The van der Waals surface area contributed by atoms with Gasteiger partial charge in [0.25, 0.3) is 0 Å². The van der Waals surface area contributed by atoms with Gasteiger partial charge in [-0.3, -0.25) is 4.90 Å². The number of hydrogen-bond donors (Lipinski definition) is 1. The lowest BCUT2D eigenvalue weighted by molar-refractivity contribution is 0.0651. The third-order valence-corrected chi connectivity index (χ3v) is 3.38. The summed E-state index contributed by atoms with van der Waals surface area (Å²) in [5.74, 6) is 0.806. The maximum atomic E-state index is 9.69. The lowest BCUT2D eigenvalue weighted by atomic mass is 10.1. The van der Waals surface area contributed by atoms with Gasteiger partial charge in [0.15, 0.2) is 5.82 Å². The molecule has 6 nitrogen and oxygen atoms in total. The molecule has 1 atom stereocenters. The molecule has 6 heteroatoms. The Hall–Kier alpha value is -1.79. The average Bonchev–Trinajstić information content (AvgIpc) is 2.88. The van der Waals surface area contributed by atoms with Gasteiger partial charge in [0.1, 0.15) is 0 Å². The first kappa shape index (κ1) is 12.3. The Balaban J connectivity index is 1.77. The Morgan fingerprint density at radius 2 is 2.11 bits per heavy atom. The smallest absolute Gasteiger partial charge is 0.170 e. The number of tetrazole rings is 1. The molecule has 0 spiro atoms. The summed E-state index contributed by atoms with van der Waals surface area (Å²) in [4.78, 5) is 2.19. The van der Waals surface area contributed by atoms with Gasteiger partial charge < -0.3 is 5.11 Å². The number of β-amino-alcohol motifs (C(OH)–C–C–N with tert-alkyl or cyclic N) is 1. The van der Waals surface area contributed by atoms with Crippen LogP contribution < -0.4 is 0 Å². The van der Waals surface area contributed by atoms with Gasteiger partial charge in [-0.25, -0.2) is 0 Å². The van der Waals surface area contributed by atoms with Crippen molar-refractivity contribution < 1.29 is 5.11 Å². The molecule has 1 N–H and O–H groups in total. The number of likely N-dealkylation sites (tertiary alicyclic amines) is 1. The fraction of sp³-hybridized carbons (Fsp3) is 0.462. The lowest BCUT2D eigenvalue weighted by Crippen LogP contribution is -2.38. The summed E-state index contributed by atoms with van der Waals surface area (Å²) >= 11 is 0. The Bertz CT molecular complexity index is 527. The van der Waals surface area contributed by atoms with E-state index in [4.69, 9.17) is 0 Å². The van der Waals surface area contributed by atoms with Crippen molar-refractivity contribution in [1.29, 1.82) is 0 Å². The molecule has 1 aromatic carbocycles. The number of benzene rings is 1. The van der Waals surface area contributed by atoms with E-state index in [2.05, 4.69) is 20.4 Å². The molecule has 1 unspecified atom stereocenters. The Morgan fingerprint density at radius 3 is 2.89 bits per heavy atom. The molecule has 0 bridgehead atoms. The lowest BCUT2D eigenvalue weighted by Gasteiger charge is -2.29. The molecule has 0 aliphatic carbocycles. The van der Waals surface area contributed by atoms with E-state index in [0.717, 1.165) is 30.9 Å². The summed E-state index contributed by atoms with van der Waals surface area (Å²) in [5.41, 5.74) is 0.958. The fourth-order valence-corrected chi connectivity index (χ4v) is 2.45. The minimum atomic E-state index is -0.227. The van der Waals surface area contributed by atoms with E-state index >= 15 is 0 Å². The average molecular weight is 259 g/mol. The number of para-hydroxylation sites is 1. The van der Waals surface area contributed by atoms with Gasteiger partial charge in [0.05, 0.1) is 18.3 Å². The zero-order valence-electron chi connectivity index (χ0n) is 10.7. The molecule has 1 aliphatic rings. The number of aromatic nitrogens is 4. The van der Waals surface area contributed by atoms with Gasteiger partial charge >= 0.3 is 0 Å². The Morgan fingerprint density at radius 1 is 1.26 bits per heavy atom. The van der Waals surface area contributed by atoms with Crippen LogP contribution in [0.25, 0.3) is 5.69 Å². The van der Waals surface area contributed by atoms with E-state index in [9.17, 15) is 5.11 Å². The highest BCUT2D eigenvalue weighted by atomic mass is 16.3. The highest BCUT2D eigenvalue weighted by Crippen LogP contribution is 2.14. The minimum Gasteiger partial charge on any atom is -0.392 e. The molecule has 0 radical (unpaired) electrons. The second-order valence-corrected chi connectivity index (χ2v) is 4.87. The van der Waals surface area contributed by atoms with Crippen LogP contribution in [0.3, 0.4) is 0 Å². The van der Waals surface area contributed by atoms with E-state index in [-0.39, 0.29) is 6.10 Å². The number of nitrogens with zero attached hydrogens (tertiary/aromatic N) is 5. The Labute approximate surface area is 111 Å². The third-order valence-electron chi connectivity index (χ3n) is 3.38. The van der Waals surface area contributed by atoms with Crippen LogP contribution in [0.1, 0.15) is 18.7 Å².